The smallest absolute Gasteiger partial charge is 0.354 e. The number of hydrogen-bond donors (Lipinski definition) is 1. The van der Waals surface area contributed by atoms with Crippen LogP contribution in [0.2, 0.25) is 10.0 Å². The van der Waals surface area contributed by atoms with Gasteiger partial charge in [0.05, 0.1) is 0 Å². The van der Waals surface area contributed by atoms with Crippen LogP contribution in [-0.4, -0.2) is 16.1 Å². The molecule has 0 atom stereocenters. The van der Waals surface area contributed by atoms with Crippen molar-refractivity contribution in [3.8, 4) is 0 Å². The van der Waals surface area contributed by atoms with Crippen molar-refractivity contribution in [2.75, 3.05) is 0 Å². The molecule has 0 aliphatic carbocycles. The Labute approximate surface area is 162 Å². The van der Waals surface area contributed by atoms with E-state index in [-0.39, 0.29) is 11.6 Å². The van der Waals surface area contributed by atoms with Gasteiger partial charge in [0.1, 0.15) is 0 Å². The van der Waals surface area contributed by atoms with Crippen LogP contribution in [0.3, 0.4) is 0 Å². The minimum atomic E-state index is -1.03. The zero-order chi connectivity index (χ0) is 18.5. The first-order valence-electron chi connectivity index (χ1n) is 8.20. The Morgan fingerprint density at radius 1 is 0.923 bits per heavy atom. The second-order valence-corrected chi connectivity index (χ2v) is 6.98. The van der Waals surface area contributed by atoms with Gasteiger partial charge in [0.2, 0.25) is 0 Å². The molecule has 0 unspecified atom stereocenters. The van der Waals surface area contributed by atoms with Crippen molar-refractivity contribution in [3.63, 3.8) is 0 Å². The topological polar surface area (TPSA) is 50.2 Å². The number of carbonyl (C=O) groups is 1. The largest absolute Gasteiger partial charge is 0.477 e. The molecule has 0 saturated heterocycles. The van der Waals surface area contributed by atoms with Crippen LogP contribution in [0.5, 0.6) is 0 Å². The molecule has 5 heteroatoms. The molecule has 1 N–H and O–H groups in total. The lowest BCUT2D eigenvalue weighted by molar-refractivity contribution is 0.0688. The molecule has 3 nitrogen and oxygen atoms in total. The molecule has 0 radical (unpaired) electrons. The fourth-order valence-electron chi connectivity index (χ4n) is 3.11. The summed E-state index contributed by atoms with van der Waals surface area (Å²) in [5, 5.41) is 10.9. The zero-order valence-corrected chi connectivity index (χ0v) is 15.4. The molecule has 1 heterocycles. The van der Waals surface area contributed by atoms with Crippen molar-refractivity contribution in [1.29, 1.82) is 0 Å². The summed E-state index contributed by atoms with van der Waals surface area (Å²) in [5.74, 6) is -1.09. The molecule has 0 spiro atoms. The van der Waals surface area contributed by atoms with E-state index in [2.05, 4.69) is 4.98 Å². The van der Waals surface area contributed by atoms with Crippen molar-refractivity contribution in [1.82, 2.24) is 4.98 Å². The summed E-state index contributed by atoms with van der Waals surface area (Å²) in [7, 11) is 0. The second-order valence-electron chi connectivity index (χ2n) is 6.11. The molecule has 0 amide bonds. The number of carboxylic acid groups (broad SMARTS) is 1. The van der Waals surface area contributed by atoms with Crippen molar-refractivity contribution in [2.45, 2.75) is 18.8 Å². The van der Waals surface area contributed by atoms with E-state index in [1.165, 1.54) is 6.20 Å². The van der Waals surface area contributed by atoms with E-state index in [1.807, 2.05) is 54.6 Å². The lowest BCUT2D eigenvalue weighted by Crippen LogP contribution is -2.14. The van der Waals surface area contributed by atoms with Gasteiger partial charge in [-0.15, -0.1) is 0 Å². The van der Waals surface area contributed by atoms with Crippen LogP contribution < -0.4 is 0 Å². The van der Waals surface area contributed by atoms with E-state index in [4.69, 9.17) is 23.2 Å². The Balaban J connectivity index is 2.00. The van der Waals surface area contributed by atoms with Crippen LogP contribution in [0.1, 0.15) is 33.1 Å². The van der Waals surface area contributed by atoms with E-state index in [1.54, 1.807) is 6.07 Å². The average molecular weight is 386 g/mol. The normalized spacial score (nSPS) is 10.9. The Morgan fingerprint density at radius 2 is 1.50 bits per heavy atom. The average Bonchev–Trinajstić information content (AvgIpc) is 2.61. The Bertz CT molecular complexity index is 880. The van der Waals surface area contributed by atoms with E-state index in [0.717, 1.165) is 11.1 Å². The zero-order valence-electron chi connectivity index (χ0n) is 13.9. The number of aromatic carboxylic acids is 1. The van der Waals surface area contributed by atoms with Gasteiger partial charge in [0, 0.05) is 16.2 Å². The summed E-state index contributed by atoms with van der Waals surface area (Å²) < 4.78 is 0. The number of benzene rings is 2. The first-order valence-corrected chi connectivity index (χ1v) is 8.95. The third-order valence-corrected chi connectivity index (χ3v) is 4.69. The lowest BCUT2D eigenvalue weighted by atomic mass is 9.86. The van der Waals surface area contributed by atoms with Crippen molar-refractivity contribution < 1.29 is 9.90 Å². The van der Waals surface area contributed by atoms with Crippen LogP contribution in [0, 0.1) is 0 Å². The van der Waals surface area contributed by atoms with Crippen LogP contribution in [-0.2, 0) is 12.8 Å². The van der Waals surface area contributed by atoms with Gasteiger partial charge >= 0.3 is 5.97 Å². The number of rotatable bonds is 6. The molecule has 1 aromatic heterocycles. The molecule has 132 valence electrons. The second kappa shape index (κ2) is 8.35. The van der Waals surface area contributed by atoms with Crippen molar-refractivity contribution >= 4 is 29.2 Å². The fraction of sp³-hybridized carbons (Fsp3) is 0.143. The Hall–Kier alpha value is -2.36. The maximum Gasteiger partial charge on any atom is 0.354 e. The SMILES string of the molecule is O=C(O)c1ncccc1C(Cc1cccc(Cl)c1)Cc1cccc(Cl)c1. The highest BCUT2D eigenvalue weighted by molar-refractivity contribution is 6.30. The minimum Gasteiger partial charge on any atom is -0.477 e. The monoisotopic (exact) mass is 385 g/mol. The number of hydrogen-bond acceptors (Lipinski definition) is 2. The summed E-state index contributed by atoms with van der Waals surface area (Å²) in [4.78, 5) is 15.7. The minimum absolute atomic E-state index is 0.0632. The molecule has 3 rings (SSSR count). The summed E-state index contributed by atoms with van der Waals surface area (Å²) in [5.41, 5.74) is 2.89. The Morgan fingerprint density at radius 3 is 2.00 bits per heavy atom. The molecule has 0 saturated carbocycles. The number of aromatic nitrogens is 1. The van der Waals surface area contributed by atoms with Gasteiger partial charge in [-0.2, -0.15) is 0 Å². The molecular weight excluding hydrogens is 369 g/mol. The fourth-order valence-corrected chi connectivity index (χ4v) is 3.54. The molecule has 0 bridgehead atoms. The first kappa shape index (κ1) is 18.4. The summed E-state index contributed by atoms with van der Waals surface area (Å²) >= 11 is 12.2. The first-order chi connectivity index (χ1) is 12.5. The predicted octanol–water partition coefficient (Wildman–Crippen LogP) is 5.66. The van der Waals surface area contributed by atoms with E-state index < -0.39 is 5.97 Å². The standard InChI is InChI=1S/C21H17Cl2NO2/c22-17-6-1-4-14(12-17)10-16(11-15-5-2-7-18(23)13-15)19-8-3-9-24-20(19)21(25)26/h1-9,12-13,16H,10-11H2,(H,25,26). The van der Waals surface area contributed by atoms with Crippen molar-refractivity contribution in [3.05, 3.63) is 99.3 Å². The molecule has 0 aliphatic rings. The van der Waals surface area contributed by atoms with E-state index in [0.29, 0.717) is 28.5 Å². The van der Waals surface area contributed by atoms with Crippen LogP contribution in [0.4, 0.5) is 0 Å². The number of pyridine rings is 1. The maximum atomic E-state index is 11.6. The van der Waals surface area contributed by atoms with Gasteiger partial charge < -0.3 is 5.11 Å². The number of halogens is 2. The van der Waals surface area contributed by atoms with Crippen LogP contribution >= 0.6 is 23.2 Å². The van der Waals surface area contributed by atoms with Gasteiger partial charge in [-0.3, -0.25) is 0 Å². The third kappa shape index (κ3) is 4.63. The number of carboxylic acids is 1. The third-order valence-electron chi connectivity index (χ3n) is 4.22. The van der Waals surface area contributed by atoms with Gasteiger partial charge in [-0.25, -0.2) is 9.78 Å². The van der Waals surface area contributed by atoms with Gasteiger partial charge in [-0.1, -0.05) is 53.5 Å². The van der Waals surface area contributed by atoms with E-state index in [9.17, 15) is 9.90 Å². The molecule has 3 aromatic rings. The summed E-state index contributed by atoms with van der Waals surface area (Å²) in [6.07, 6.45) is 2.81. The molecule has 0 aliphatic heterocycles. The Kier molecular flexibility index (Phi) is 5.92. The predicted molar refractivity (Wildman–Crippen MR) is 104 cm³/mol. The maximum absolute atomic E-state index is 11.6. The lowest BCUT2D eigenvalue weighted by Gasteiger charge is -2.19. The highest BCUT2D eigenvalue weighted by Crippen LogP contribution is 2.29. The van der Waals surface area contributed by atoms with Gasteiger partial charge in [0.15, 0.2) is 5.69 Å². The highest BCUT2D eigenvalue weighted by atomic mass is 35.5. The highest BCUT2D eigenvalue weighted by Gasteiger charge is 2.21. The van der Waals surface area contributed by atoms with E-state index >= 15 is 0 Å². The number of nitrogens with zero attached hydrogens (tertiary/aromatic N) is 1. The van der Waals surface area contributed by atoms with Crippen LogP contribution in [0.15, 0.2) is 66.9 Å². The molecular formula is C21H17Cl2NO2. The summed E-state index contributed by atoms with van der Waals surface area (Å²) in [6, 6.07) is 18.8. The summed E-state index contributed by atoms with van der Waals surface area (Å²) in [6.45, 7) is 0. The van der Waals surface area contributed by atoms with Gasteiger partial charge in [0.25, 0.3) is 0 Å². The molecule has 2 aromatic carbocycles. The quantitative estimate of drug-likeness (QED) is 0.595. The molecule has 26 heavy (non-hydrogen) atoms. The van der Waals surface area contributed by atoms with Gasteiger partial charge in [-0.05, 0) is 65.8 Å². The van der Waals surface area contributed by atoms with Crippen molar-refractivity contribution in [2.24, 2.45) is 0 Å². The molecule has 0 fully saturated rings. The van der Waals surface area contributed by atoms with Crippen LogP contribution in [0.25, 0.3) is 0 Å².